The average Bonchev–Trinajstić information content (AvgIpc) is 2.81. The van der Waals surface area contributed by atoms with E-state index < -0.39 is 0 Å². The number of hydrogen-bond donors (Lipinski definition) is 1. The minimum absolute atomic E-state index is 0.0911. The molecule has 0 aliphatic heterocycles. The van der Waals surface area contributed by atoms with E-state index in [-0.39, 0.29) is 11.5 Å². The maximum absolute atomic E-state index is 13.0. The minimum atomic E-state index is -0.267. The van der Waals surface area contributed by atoms with E-state index in [9.17, 15) is 9.59 Å². The molecular formula is C17H26N4O2. The van der Waals surface area contributed by atoms with E-state index in [0.29, 0.717) is 29.1 Å². The highest BCUT2D eigenvalue weighted by molar-refractivity contribution is 6.05. The highest BCUT2D eigenvalue weighted by Crippen LogP contribution is 2.18. The summed E-state index contributed by atoms with van der Waals surface area (Å²) in [5.74, 6) is 0.387. The Labute approximate surface area is 136 Å². The number of aromatic amines is 1. The van der Waals surface area contributed by atoms with Crippen LogP contribution in [0.2, 0.25) is 0 Å². The van der Waals surface area contributed by atoms with Gasteiger partial charge in [-0.05, 0) is 25.8 Å². The Morgan fingerprint density at radius 2 is 2.00 bits per heavy atom. The van der Waals surface area contributed by atoms with Crippen molar-refractivity contribution in [3.63, 3.8) is 0 Å². The Balaban J connectivity index is 2.49. The number of nitrogens with zero attached hydrogens (tertiary/aromatic N) is 3. The first-order valence-corrected chi connectivity index (χ1v) is 8.28. The second-order valence-electron chi connectivity index (χ2n) is 6.04. The molecule has 0 unspecified atom stereocenters. The Morgan fingerprint density at radius 3 is 2.57 bits per heavy atom. The van der Waals surface area contributed by atoms with Crippen LogP contribution in [0.5, 0.6) is 0 Å². The first-order chi connectivity index (χ1) is 10.9. The van der Waals surface area contributed by atoms with Gasteiger partial charge in [-0.2, -0.15) is 0 Å². The van der Waals surface area contributed by atoms with Gasteiger partial charge < -0.3 is 4.90 Å². The van der Waals surface area contributed by atoms with Gasteiger partial charge in [0, 0.05) is 25.8 Å². The van der Waals surface area contributed by atoms with E-state index in [1.807, 2.05) is 18.7 Å². The highest BCUT2D eigenvalue weighted by Gasteiger charge is 2.23. The fourth-order valence-corrected chi connectivity index (χ4v) is 2.94. The fourth-order valence-electron chi connectivity index (χ4n) is 2.94. The lowest BCUT2D eigenvalue weighted by Crippen LogP contribution is -2.35. The van der Waals surface area contributed by atoms with Crippen molar-refractivity contribution in [1.29, 1.82) is 0 Å². The molecule has 1 amide bonds. The summed E-state index contributed by atoms with van der Waals surface area (Å²) in [6.07, 6.45) is 2.08. The van der Waals surface area contributed by atoms with Crippen LogP contribution >= 0.6 is 0 Å². The number of rotatable bonds is 6. The number of carbonyl (C=O) groups excluding carboxylic acids is 1. The van der Waals surface area contributed by atoms with Crippen molar-refractivity contribution in [3.8, 4) is 0 Å². The van der Waals surface area contributed by atoms with Gasteiger partial charge in [0.1, 0.15) is 0 Å². The molecule has 23 heavy (non-hydrogen) atoms. The summed E-state index contributed by atoms with van der Waals surface area (Å²) in [5.41, 5.74) is 1.44. The smallest absolute Gasteiger partial charge is 0.274 e. The standard InChI is InChI=1S/C17H26N4O2/c1-6-12(7-2)10-21(8-3)17(23)13-9-11(4)18-15-14(13)16(22)19-20(15)5/h9,12H,6-8,10H2,1-5H3,(H,19,22). The van der Waals surface area contributed by atoms with Gasteiger partial charge >= 0.3 is 0 Å². The van der Waals surface area contributed by atoms with Gasteiger partial charge in [0.05, 0.1) is 10.9 Å². The van der Waals surface area contributed by atoms with Crippen LogP contribution in [-0.4, -0.2) is 38.7 Å². The number of nitrogens with one attached hydrogen (secondary N) is 1. The van der Waals surface area contributed by atoms with E-state index in [1.165, 1.54) is 0 Å². The van der Waals surface area contributed by atoms with Crippen LogP contribution in [0.25, 0.3) is 11.0 Å². The van der Waals surface area contributed by atoms with Crippen LogP contribution in [0.15, 0.2) is 10.9 Å². The molecule has 0 aliphatic carbocycles. The maximum Gasteiger partial charge on any atom is 0.274 e. The first kappa shape index (κ1) is 17.2. The monoisotopic (exact) mass is 318 g/mol. The molecule has 0 aliphatic rings. The summed E-state index contributed by atoms with van der Waals surface area (Å²) in [4.78, 5) is 31.4. The van der Waals surface area contributed by atoms with E-state index in [2.05, 4.69) is 23.9 Å². The molecule has 126 valence electrons. The predicted octanol–water partition coefficient (Wildman–Crippen LogP) is 2.47. The lowest BCUT2D eigenvalue weighted by atomic mass is 10.0. The number of aromatic nitrogens is 3. The van der Waals surface area contributed by atoms with Gasteiger partial charge in [0.15, 0.2) is 5.65 Å². The first-order valence-electron chi connectivity index (χ1n) is 8.28. The molecule has 2 aromatic heterocycles. The molecule has 6 heteroatoms. The third-order valence-corrected chi connectivity index (χ3v) is 4.48. The zero-order valence-electron chi connectivity index (χ0n) is 14.6. The van der Waals surface area contributed by atoms with Crippen LogP contribution in [0.4, 0.5) is 0 Å². The minimum Gasteiger partial charge on any atom is -0.339 e. The normalized spacial score (nSPS) is 11.4. The van der Waals surface area contributed by atoms with Crippen molar-refractivity contribution >= 4 is 16.9 Å². The topological polar surface area (TPSA) is 71.0 Å². The SMILES string of the molecule is CCC(CC)CN(CC)C(=O)c1cc(C)nc2c1c(=O)[nH]n2C. The molecule has 6 nitrogen and oxygen atoms in total. The summed E-state index contributed by atoms with van der Waals surface area (Å²) in [6.45, 7) is 9.44. The van der Waals surface area contributed by atoms with Gasteiger partial charge in [0.2, 0.25) is 0 Å². The Morgan fingerprint density at radius 1 is 1.35 bits per heavy atom. The number of pyridine rings is 1. The second kappa shape index (κ2) is 6.98. The number of H-pyrrole nitrogens is 1. The largest absolute Gasteiger partial charge is 0.339 e. The van der Waals surface area contributed by atoms with Crippen LogP contribution in [0, 0.1) is 12.8 Å². The molecule has 0 spiro atoms. The molecule has 0 aromatic carbocycles. The molecule has 2 heterocycles. The van der Waals surface area contributed by atoms with Crippen LogP contribution < -0.4 is 5.56 Å². The maximum atomic E-state index is 13.0. The Hall–Kier alpha value is -2.11. The predicted molar refractivity (Wildman–Crippen MR) is 91.7 cm³/mol. The van der Waals surface area contributed by atoms with Crippen molar-refractivity contribution in [1.82, 2.24) is 19.7 Å². The summed E-state index contributed by atoms with van der Waals surface area (Å²) in [7, 11) is 1.73. The summed E-state index contributed by atoms with van der Waals surface area (Å²) < 4.78 is 1.57. The van der Waals surface area contributed by atoms with E-state index >= 15 is 0 Å². The molecular weight excluding hydrogens is 292 g/mol. The summed E-state index contributed by atoms with van der Waals surface area (Å²) >= 11 is 0. The van der Waals surface area contributed by atoms with Gasteiger partial charge in [0.25, 0.3) is 11.5 Å². The number of amides is 1. The zero-order valence-corrected chi connectivity index (χ0v) is 14.6. The number of carbonyl (C=O) groups is 1. The van der Waals surface area contributed by atoms with Crippen molar-refractivity contribution in [2.45, 2.75) is 40.5 Å². The number of fused-ring (bicyclic) bond motifs is 1. The zero-order chi connectivity index (χ0) is 17.1. The van der Waals surface area contributed by atoms with Crippen molar-refractivity contribution in [3.05, 3.63) is 27.7 Å². The molecule has 2 rings (SSSR count). The molecule has 0 bridgehead atoms. The molecule has 0 atom stereocenters. The third kappa shape index (κ3) is 3.30. The number of hydrogen-bond acceptors (Lipinski definition) is 3. The molecule has 1 N–H and O–H groups in total. The van der Waals surface area contributed by atoms with Crippen molar-refractivity contribution < 1.29 is 4.79 Å². The Bertz CT molecular complexity index is 756. The van der Waals surface area contributed by atoms with Crippen molar-refractivity contribution in [2.24, 2.45) is 13.0 Å². The van der Waals surface area contributed by atoms with Gasteiger partial charge in [-0.1, -0.05) is 26.7 Å². The third-order valence-electron chi connectivity index (χ3n) is 4.48. The molecule has 2 aromatic rings. The number of aryl methyl sites for hydroxylation is 2. The second-order valence-corrected chi connectivity index (χ2v) is 6.04. The average molecular weight is 318 g/mol. The lowest BCUT2D eigenvalue weighted by Gasteiger charge is -2.25. The molecule has 0 saturated heterocycles. The summed E-state index contributed by atoms with van der Waals surface area (Å²) in [5, 5.41) is 3.07. The van der Waals surface area contributed by atoms with Crippen molar-refractivity contribution in [2.75, 3.05) is 13.1 Å². The van der Waals surface area contributed by atoms with Crippen LogP contribution in [-0.2, 0) is 7.05 Å². The van der Waals surface area contributed by atoms with Gasteiger partial charge in [-0.15, -0.1) is 0 Å². The highest BCUT2D eigenvalue weighted by atomic mass is 16.2. The van der Waals surface area contributed by atoms with E-state index in [0.717, 1.165) is 25.1 Å². The lowest BCUT2D eigenvalue weighted by molar-refractivity contribution is 0.0736. The molecule has 0 saturated carbocycles. The molecule has 0 radical (unpaired) electrons. The fraction of sp³-hybridized carbons (Fsp3) is 0.588. The summed E-state index contributed by atoms with van der Waals surface area (Å²) in [6, 6.07) is 1.72. The Kier molecular flexibility index (Phi) is 5.23. The van der Waals surface area contributed by atoms with Gasteiger partial charge in [-0.3, -0.25) is 19.4 Å². The van der Waals surface area contributed by atoms with Crippen LogP contribution in [0.1, 0.15) is 49.7 Å². The van der Waals surface area contributed by atoms with E-state index in [1.54, 1.807) is 17.8 Å². The van der Waals surface area contributed by atoms with Gasteiger partial charge in [-0.25, -0.2) is 4.98 Å². The quantitative estimate of drug-likeness (QED) is 0.889. The van der Waals surface area contributed by atoms with Crippen LogP contribution in [0.3, 0.4) is 0 Å². The molecule has 0 fully saturated rings. The van der Waals surface area contributed by atoms with E-state index in [4.69, 9.17) is 0 Å².